The van der Waals surface area contributed by atoms with E-state index in [0.717, 1.165) is 12.8 Å². The molecule has 2 heteroatoms. The molecule has 0 aliphatic rings. The van der Waals surface area contributed by atoms with Crippen LogP contribution in [0, 0.1) is 0 Å². The van der Waals surface area contributed by atoms with E-state index < -0.39 is 0 Å². The molecule has 1 aromatic carbocycles. The van der Waals surface area contributed by atoms with Gasteiger partial charge in [-0.05, 0) is 48.5 Å². The van der Waals surface area contributed by atoms with Crippen molar-refractivity contribution in [2.45, 2.75) is 58.4 Å². The molecule has 0 fully saturated rings. The Hall–Kier alpha value is -0.980. The van der Waals surface area contributed by atoms with Crippen LogP contribution in [-0.2, 0) is 11.0 Å². The minimum Gasteiger partial charge on any atom is -0.221 e. The topological polar surface area (TPSA) is 12.4 Å². The van der Waals surface area contributed by atoms with E-state index in [2.05, 4.69) is 69.0 Å². The summed E-state index contributed by atoms with van der Waals surface area (Å²) in [5.74, 6) is 0. The number of aliphatic imine (C=N–C) groups is 1. The highest BCUT2D eigenvalue weighted by Gasteiger charge is 2.24. The van der Waals surface area contributed by atoms with Gasteiger partial charge in [-0.1, -0.05) is 52.0 Å². The zero-order valence-electron chi connectivity index (χ0n) is 12.1. The second kappa shape index (κ2) is 5.77. The fourth-order valence-electron chi connectivity index (χ4n) is 1.93. The molecule has 0 radical (unpaired) electrons. The Morgan fingerprint density at radius 2 is 1.50 bits per heavy atom. The summed E-state index contributed by atoms with van der Waals surface area (Å²) >= 11 is 4.75. The van der Waals surface area contributed by atoms with Gasteiger partial charge in [-0.2, -0.15) is 0 Å². The first-order valence-corrected chi connectivity index (χ1v) is 7.00. The summed E-state index contributed by atoms with van der Waals surface area (Å²) in [6.07, 6.45) is 2.06. The summed E-state index contributed by atoms with van der Waals surface area (Å²) in [5.41, 5.74) is 2.57. The minimum atomic E-state index is -0.239. The maximum atomic E-state index is 4.75. The van der Waals surface area contributed by atoms with Gasteiger partial charge in [0, 0.05) is 0 Å². The van der Waals surface area contributed by atoms with Crippen molar-refractivity contribution >= 4 is 17.4 Å². The maximum absolute atomic E-state index is 4.75. The molecular weight excluding hydrogens is 238 g/mol. The molecule has 0 aliphatic heterocycles. The lowest BCUT2D eigenvalue weighted by Crippen LogP contribution is -2.19. The number of rotatable bonds is 5. The highest BCUT2D eigenvalue weighted by Crippen LogP contribution is 2.32. The van der Waals surface area contributed by atoms with Crippen LogP contribution in [0.25, 0.3) is 0 Å². The summed E-state index contributed by atoms with van der Waals surface area (Å²) in [5, 5.41) is 2.52. The van der Waals surface area contributed by atoms with Crippen molar-refractivity contribution < 1.29 is 0 Å². The Bertz CT molecular complexity index is 441. The van der Waals surface area contributed by atoms with E-state index in [9.17, 15) is 0 Å². The molecule has 0 saturated heterocycles. The van der Waals surface area contributed by atoms with Gasteiger partial charge in [0.25, 0.3) is 0 Å². The van der Waals surface area contributed by atoms with Crippen molar-refractivity contribution in [1.29, 1.82) is 0 Å². The van der Waals surface area contributed by atoms with Crippen molar-refractivity contribution in [2.75, 3.05) is 0 Å². The molecule has 0 saturated carbocycles. The van der Waals surface area contributed by atoms with Crippen LogP contribution in [0.4, 0.5) is 0 Å². The zero-order chi connectivity index (χ0) is 13.8. The molecule has 1 rings (SSSR count). The third-order valence-corrected chi connectivity index (χ3v) is 4.24. The van der Waals surface area contributed by atoms with E-state index in [1.165, 1.54) is 11.1 Å². The van der Waals surface area contributed by atoms with Gasteiger partial charge in [0.15, 0.2) is 0 Å². The van der Waals surface area contributed by atoms with Gasteiger partial charge in [-0.3, -0.25) is 0 Å². The van der Waals surface area contributed by atoms with Crippen LogP contribution in [0.2, 0.25) is 0 Å². The SMILES string of the molecule is CCC(C)(C)c1ccc(C(C)(CC)N=C=S)cc1. The Morgan fingerprint density at radius 3 is 1.89 bits per heavy atom. The van der Waals surface area contributed by atoms with E-state index in [0.29, 0.717) is 0 Å². The molecule has 0 spiro atoms. The van der Waals surface area contributed by atoms with Crippen LogP contribution in [0.3, 0.4) is 0 Å². The molecule has 98 valence electrons. The quantitative estimate of drug-likeness (QED) is 0.530. The van der Waals surface area contributed by atoms with Gasteiger partial charge in [0.1, 0.15) is 0 Å². The van der Waals surface area contributed by atoms with Crippen LogP contribution in [0.1, 0.15) is 58.6 Å². The summed E-state index contributed by atoms with van der Waals surface area (Å²) < 4.78 is 0. The summed E-state index contributed by atoms with van der Waals surface area (Å²) in [4.78, 5) is 4.32. The molecule has 1 unspecified atom stereocenters. The number of thiocarbonyl (C=S) groups is 1. The molecule has 0 N–H and O–H groups in total. The molecular formula is C16H23NS. The third kappa shape index (κ3) is 3.07. The smallest absolute Gasteiger partial charge is 0.0928 e. The Morgan fingerprint density at radius 1 is 1.00 bits per heavy atom. The number of hydrogen-bond acceptors (Lipinski definition) is 2. The van der Waals surface area contributed by atoms with E-state index in [1.54, 1.807) is 0 Å². The first-order chi connectivity index (χ1) is 8.39. The lowest BCUT2D eigenvalue weighted by molar-refractivity contribution is 0.480. The van der Waals surface area contributed by atoms with E-state index in [1.807, 2.05) is 0 Å². The number of nitrogens with zero attached hydrogens (tertiary/aromatic N) is 1. The average molecular weight is 261 g/mol. The average Bonchev–Trinajstić information content (AvgIpc) is 2.39. The van der Waals surface area contributed by atoms with Crippen LogP contribution in [0.15, 0.2) is 29.3 Å². The largest absolute Gasteiger partial charge is 0.221 e. The number of benzene rings is 1. The molecule has 1 aromatic rings. The first-order valence-electron chi connectivity index (χ1n) is 6.59. The molecule has 0 heterocycles. The molecule has 0 bridgehead atoms. The molecule has 1 atom stereocenters. The Kier molecular flexibility index (Phi) is 4.84. The summed E-state index contributed by atoms with van der Waals surface area (Å²) in [7, 11) is 0. The highest BCUT2D eigenvalue weighted by atomic mass is 32.1. The van der Waals surface area contributed by atoms with Gasteiger partial charge in [-0.15, -0.1) is 0 Å². The highest BCUT2D eigenvalue weighted by molar-refractivity contribution is 7.78. The number of isothiocyanates is 1. The van der Waals surface area contributed by atoms with Crippen molar-refractivity contribution in [3.8, 4) is 0 Å². The van der Waals surface area contributed by atoms with Crippen LogP contribution < -0.4 is 0 Å². The van der Waals surface area contributed by atoms with Gasteiger partial charge in [0.05, 0.1) is 10.7 Å². The van der Waals surface area contributed by atoms with Gasteiger partial charge >= 0.3 is 0 Å². The first kappa shape index (κ1) is 15.1. The van der Waals surface area contributed by atoms with Crippen molar-refractivity contribution in [3.63, 3.8) is 0 Å². The lowest BCUT2D eigenvalue weighted by Gasteiger charge is -2.26. The zero-order valence-corrected chi connectivity index (χ0v) is 12.9. The van der Waals surface area contributed by atoms with E-state index in [4.69, 9.17) is 12.2 Å². The van der Waals surface area contributed by atoms with E-state index >= 15 is 0 Å². The summed E-state index contributed by atoms with van der Waals surface area (Å²) in [6, 6.07) is 8.77. The maximum Gasteiger partial charge on any atom is 0.0928 e. The van der Waals surface area contributed by atoms with Crippen molar-refractivity contribution in [1.82, 2.24) is 0 Å². The van der Waals surface area contributed by atoms with Gasteiger partial charge < -0.3 is 0 Å². The third-order valence-electron chi connectivity index (χ3n) is 4.15. The summed E-state index contributed by atoms with van der Waals surface area (Å²) in [6.45, 7) is 11.0. The molecule has 18 heavy (non-hydrogen) atoms. The van der Waals surface area contributed by atoms with Gasteiger partial charge in [0.2, 0.25) is 0 Å². The van der Waals surface area contributed by atoms with Crippen LogP contribution in [0.5, 0.6) is 0 Å². The molecule has 0 aromatic heterocycles. The molecule has 0 aliphatic carbocycles. The van der Waals surface area contributed by atoms with Crippen molar-refractivity contribution in [2.24, 2.45) is 4.99 Å². The normalized spacial score (nSPS) is 14.7. The number of hydrogen-bond donors (Lipinski definition) is 0. The molecule has 1 nitrogen and oxygen atoms in total. The lowest BCUT2D eigenvalue weighted by atomic mass is 9.80. The molecule has 0 amide bonds. The fourth-order valence-corrected chi connectivity index (χ4v) is 2.13. The standard InChI is InChI=1S/C16H23NS/c1-6-15(3,4)13-8-10-14(11-9-13)16(5,7-2)17-12-18/h8-11H,6-7H2,1-5H3. The second-order valence-electron chi connectivity index (χ2n) is 5.65. The van der Waals surface area contributed by atoms with Crippen molar-refractivity contribution in [3.05, 3.63) is 35.4 Å². The van der Waals surface area contributed by atoms with E-state index in [-0.39, 0.29) is 11.0 Å². The minimum absolute atomic E-state index is 0.231. The second-order valence-corrected chi connectivity index (χ2v) is 5.83. The van der Waals surface area contributed by atoms with Crippen LogP contribution >= 0.6 is 12.2 Å². The Balaban J connectivity index is 3.13. The fraction of sp³-hybridized carbons (Fsp3) is 0.562. The Labute approximate surface area is 116 Å². The monoisotopic (exact) mass is 261 g/mol. The predicted molar refractivity (Wildman–Crippen MR) is 82.4 cm³/mol. The van der Waals surface area contributed by atoms with Gasteiger partial charge in [-0.25, -0.2) is 4.99 Å². The predicted octanol–water partition coefficient (Wildman–Crippen LogP) is 5.10. The van der Waals surface area contributed by atoms with Crippen LogP contribution in [-0.4, -0.2) is 5.16 Å².